The molecular formula is C18H19Cl2FN2O2. The minimum Gasteiger partial charge on any atom is -0.496 e. The fraction of sp³-hybridized carbons (Fsp3) is 0.278. The van der Waals surface area contributed by atoms with E-state index >= 15 is 0 Å². The van der Waals surface area contributed by atoms with Crippen molar-refractivity contribution in [3.8, 4) is 5.75 Å². The number of hydrogen-bond donors (Lipinski definition) is 1. The van der Waals surface area contributed by atoms with E-state index in [9.17, 15) is 9.18 Å². The van der Waals surface area contributed by atoms with E-state index in [1.54, 1.807) is 11.0 Å². The Balaban J connectivity index is 0.00000225. The number of piperazine rings is 1. The van der Waals surface area contributed by atoms with Crippen molar-refractivity contribution in [2.75, 3.05) is 26.7 Å². The number of carbonyl (C=O) groups is 1. The number of benzene rings is 2. The van der Waals surface area contributed by atoms with Crippen LogP contribution in [0.5, 0.6) is 5.75 Å². The molecule has 0 aliphatic carbocycles. The lowest BCUT2D eigenvalue weighted by Gasteiger charge is -2.37. The summed E-state index contributed by atoms with van der Waals surface area (Å²) in [6.45, 7) is 1.82. The predicted octanol–water partition coefficient (Wildman–Crippen LogP) is 3.70. The van der Waals surface area contributed by atoms with Crippen molar-refractivity contribution in [3.63, 3.8) is 0 Å². The van der Waals surface area contributed by atoms with Crippen LogP contribution < -0.4 is 10.1 Å². The van der Waals surface area contributed by atoms with E-state index in [-0.39, 0.29) is 29.9 Å². The quantitative estimate of drug-likeness (QED) is 0.876. The molecule has 1 saturated heterocycles. The van der Waals surface area contributed by atoms with Gasteiger partial charge in [-0.1, -0.05) is 23.7 Å². The fourth-order valence-corrected chi connectivity index (χ4v) is 3.16. The Kier molecular flexibility index (Phi) is 6.64. The van der Waals surface area contributed by atoms with Crippen molar-refractivity contribution in [2.45, 2.75) is 6.04 Å². The first-order valence-corrected chi connectivity index (χ1v) is 8.08. The number of amides is 1. The fourth-order valence-electron chi connectivity index (χ4n) is 2.96. The summed E-state index contributed by atoms with van der Waals surface area (Å²) in [7, 11) is 1.47. The van der Waals surface area contributed by atoms with Crippen molar-refractivity contribution in [3.05, 3.63) is 64.4 Å². The Labute approximate surface area is 157 Å². The topological polar surface area (TPSA) is 41.6 Å². The molecule has 1 N–H and O–H groups in total. The molecule has 4 nitrogen and oxygen atoms in total. The van der Waals surface area contributed by atoms with Gasteiger partial charge >= 0.3 is 0 Å². The molecule has 25 heavy (non-hydrogen) atoms. The molecule has 1 aliphatic rings. The van der Waals surface area contributed by atoms with Crippen LogP contribution in [-0.4, -0.2) is 37.6 Å². The van der Waals surface area contributed by atoms with Gasteiger partial charge in [0.15, 0.2) is 0 Å². The third-order valence-corrected chi connectivity index (χ3v) is 4.36. The Hall–Kier alpha value is -1.82. The first-order valence-electron chi connectivity index (χ1n) is 7.71. The first kappa shape index (κ1) is 19.5. The molecule has 7 heteroatoms. The van der Waals surface area contributed by atoms with Crippen LogP contribution in [0, 0.1) is 5.82 Å². The zero-order valence-electron chi connectivity index (χ0n) is 13.7. The molecule has 1 fully saturated rings. The second-order valence-electron chi connectivity index (χ2n) is 5.62. The minimum absolute atomic E-state index is 0. The van der Waals surface area contributed by atoms with Gasteiger partial charge < -0.3 is 15.0 Å². The number of nitrogens with one attached hydrogen (secondary N) is 1. The average molecular weight is 385 g/mol. The van der Waals surface area contributed by atoms with E-state index in [0.29, 0.717) is 30.4 Å². The zero-order valence-corrected chi connectivity index (χ0v) is 15.2. The van der Waals surface area contributed by atoms with E-state index in [4.69, 9.17) is 16.3 Å². The average Bonchev–Trinajstić information content (AvgIpc) is 2.61. The summed E-state index contributed by atoms with van der Waals surface area (Å²) in [5.74, 6) is -0.351. The molecule has 1 aliphatic heterocycles. The van der Waals surface area contributed by atoms with Crippen LogP contribution in [0.15, 0.2) is 42.5 Å². The van der Waals surface area contributed by atoms with E-state index in [1.807, 2.05) is 18.2 Å². The van der Waals surface area contributed by atoms with E-state index in [2.05, 4.69) is 5.32 Å². The van der Waals surface area contributed by atoms with Crippen LogP contribution >= 0.6 is 24.0 Å². The highest BCUT2D eigenvalue weighted by atomic mass is 35.5. The number of carbonyl (C=O) groups excluding carboxylic acids is 1. The van der Waals surface area contributed by atoms with Crippen molar-refractivity contribution in [2.24, 2.45) is 0 Å². The lowest BCUT2D eigenvalue weighted by Crippen LogP contribution is -2.48. The van der Waals surface area contributed by atoms with Gasteiger partial charge in [0.2, 0.25) is 0 Å². The number of rotatable bonds is 3. The van der Waals surface area contributed by atoms with Gasteiger partial charge in [-0.3, -0.25) is 4.79 Å². The molecule has 0 aromatic heterocycles. The number of nitrogens with zero attached hydrogens (tertiary/aromatic N) is 1. The van der Waals surface area contributed by atoms with Crippen molar-refractivity contribution >= 4 is 29.9 Å². The molecular weight excluding hydrogens is 366 g/mol. The number of hydrogen-bond acceptors (Lipinski definition) is 3. The van der Waals surface area contributed by atoms with Gasteiger partial charge in [-0.15, -0.1) is 12.4 Å². The molecule has 134 valence electrons. The van der Waals surface area contributed by atoms with Crippen molar-refractivity contribution in [1.29, 1.82) is 0 Å². The molecule has 3 rings (SSSR count). The summed E-state index contributed by atoms with van der Waals surface area (Å²) in [5, 5.41) is 3.91. The molecule has 1 amide bonds. The van der Waals surface area contributed by atoms with Crippen molar-refractivity contribution in [1.82, 2.24) is 10.2 Å². The monoisotopic (exact) mass is 384 g/mol. The van der Waals surface area contributed by atoms with Crippen LogP contribution in [0.25, 0.3) is 0 Å². The molecule has 0 bridgehead atoms. The van der Waals surface area contributed by atoms with Gasteiger partial charge in [-0.25, -0.2) is 4.39 Å². The third kappa shape index (κ3) is 4.24. The summed E-state index contributed by atoms with van der Waals surface area (Å²) in [6.07, 6.45) is 0. The van der Waals surface area contributed by atoms with Gasteiger partial charge in [0.1, 0.15) is 11.6 Å². The van der Waals surface area contributed by atoms with Crippen LogP contribution in [0.1, 0.15) is 22.0 Å². The number of ether oxygens (including phenoxy) is 1. The Morgan fingerprint density at radius 1 is 1.32 bits per heavy atom. The molecule has 2 aromatic rings. The largest absolute Gasteiger partial charge is 0.496 e. The molecule has 0 saturated carbocycles. The normalized spacial score (nSPS) is 16.9. The SMILES string of the molecule is COc1ccc(F)cc1C(=O)N1CCNCC1c1cccc(Cl)c1.Cl. The summed E-state index contributed by atoms with van der Waals surface area (Å²) in [6, 6.07) is 11.2. The van der Waals surface area contributed by atoms with Gasteiger partial charge in [-0.2, -0.15) is 0 Å². The zero-order chi connectivity index (χ0) is 17.1. The lowest BCUT2D eigenvalue weighted by molar-refractivity contribution is 0.0630. The molecule has 0 radical (unpaired) electrons. The summed E-state index contributed by atoms with van der Waals surface area (Å²) >= 11 is 6.08. The van der Waals surface area contributed by atoms with Crippen LogP contribution in [0.4, 0.5) is 4.39 Å². The highest BCUT2D eigenvalue weighted by Gasteiger charge is 2.30. The summed E-state index contributed by atoms with van der Waals surface area (Å²) < 4.78 is 18.8. The van der Waals surface area contributed by atoms with Crippen LogP contribution in [0.2, 0.25) is 5.02 Å². The summed E-state index contributed by atoms with van der Waals surface area (Å²) in [4.78, 5) is 14.8. The standard InChI is InChI=1S/C18H18ClFN2O2.ClH/c1-24-17-6-5-14(20)10-15(17)18(23)22-8-7-21-11-16(22)12-3-2-4-13(19)9-12;/h2-6,9-10,16,21H,7-8,11H2,1H3;1H. The Bertz CT molecular complexity index is 758. The highest BCUT2D eigenvalue weighted by Crippen LogP contribution is 2.29. The number of methoxy groups -OCH3 is 1. The molecule has 2 aromatic carbocycles. The third-order valence-electron chi connectivity index (χ3n) is 4.13. The highest BCUT2D eigenvalue weighted by molar-refractivity contribution is 6.30. The molecule has 1 atom stereocenters. The maximum Gasteiger partial charge on any atom is 0.258 e. The van der Waals surface area contributed by atoms with Crippen molar-refractivity contribution < 1.29 is 13.9 Å². The maximum atomic E-state index is 13.6. The van der Waals surface area contributed by atoms with Gasteiger partial charge in [0.25, 0.3) is 5.91 Å². The summed E-state index contributed by atoms with van der Waals surface area (Å²) in [5.41, 5.74) is 1.17. The molecule has 0 spiro atoms. The maximum absolute atomic E-state index is 13.6. The molecule has 1 unspecified atom stereocenters. The second kappa shape index (κ2) is 8.52. The lowest BCUT2D eigenvalue weighted by atomic mass is 10.0. The van der Waals surface area contributed by atoms with Gasteiger partial charge in [0.05, 0.1) is 18.7 Å². The second-order valence-corrected chi connectivity index (χ2v) is 6.05. The van der Waals surface area contributed by atoms with Crippen LogP contribution in [-0.2, 0) is 0 Å². The Morgan fingerprint density at radius 3 is 2.84 bits per heavy atom. The predicted molar refractivity (Wildman–Crippen MR) is 98.3 cm³/mol. The van der Waals surface area contributed by atoms with Gasteiger partial charge in [0, 0.05) is 24.7 Å². The Morgan fingerprint density at radius 2 is 2.12 bits per heavy atom. The number of halogens is 3. The van der Waals surface area contributed by atoms with Gasteiger partial charge in [-0.05, 0) is 35.9 Å². The van der Waals surface area contributed by atoms with Crippen LogP contribution in [0.3, 0.4) is 0 Å². The first-order chi connectivity index (χ1) is 11.6. The minimum atomic E-state index is -0.464. The van der Waals surface area contributed by atoms with E-state index in [1.165, 1.54) is 25.3 Å². The van der Waals surface area contributed by atoms with E-state index in [0.717, 1.165) is 5.56 Å². The smallest absolute Gasteiger partial charge is 0.258 e. The van der Waals surface area contributed by atoms with E-state index < -0.39 is 5.82 Å². The molecule has 1 heterocycles.